The Bertz CT molecular complexity index is 673. The first kappa shape index (κ1) is 15.2. The minimum atomic E-state index is -1.03. The number of halogens is 2. The van der Waals surface area contributed by atoms with E-state index >= 15 is 0 Å². The maximum atomic E-state index is 13.1. The van der Waals surface area contributed by atoms with Crippen LogP contribution in [0.2, 0.25) is 0 Å². The molecule has 1 aromatic rings. The molecule has 1 aliphatic heterocycles. The second-order valence-corrected chi connectivity index (χ2v) is 5.00. The van der Waals surface area contributed by atoms with Gasteiger partial charge in [-0.15, -0.1) is 0 Å². The van der Waals surface area contributed by atoms with E-state index in [2.05, 4.69) is 9.73 Å². The molecule has 0 aliphatic carbocycles. The van der Waals surface area contributed by atoms with Gasteiger partial charge in [0.05, 0.1) is 17.7 Å². The second kappa shape index (κ2) is 6.04. The van der Waals surface area contributed by atoms with Gasteiger partial charge in [0.25, 0.3) is 5.91 Å². The molecule has 8 heteroatoms. The Balaban J connectivity index is 2.30. The lowest BCUT2D eigenvalue weighted by Crippen LogP contribution is -2.23. The Kier molecular flexibility index (Phi) is 4.37. The van der Waals surface area contributed by atoms with Crippen LogP contribution in [0, 0.1) is 11.6 Å². The van der Waals surface area contributed by atoms with E-state index < -0.39 is 23.5 Å². The first-order valence-corrected chi connectivity index (χ1v) is 6.53. The van der Waals surface area contributed by atoms with Crippen molar-refractivity contribution in [2.45, 2.75) is 0 Å². The minimum Gasteiger partial charge on any atom is -0.466 e. The number of hydrogen-bond acceptors (Lipinski definition) is 5. The molecule has 0 radical (unpaired) electrons. The van der Waals surface area contributed by atoms with Crippen LogP contribution in [0.25, 0.3) is 0 Å². The normalized spacial score (nSPS) is 18.7. The van der Waals surface area contributed by atoms with Gasteiger partial charge in [0.15, 0.2) is 16.8 Å². The monoisotopic (exact) mass is 312 g/mol. The maximum Gasteiger partial charge on any atom is 0.331 e. The fourth-order valence-corrected chi connectivity index (χ4v) is 2.43. The predicted molar refractivity (Wildman–Crippen MR) is 73.9 cm³/mol. The van der Waals surface area contributed by atoms with Crippen LogP contribution in [0.4, 0.5) is 14.5 Å². The van der Waals surface area contributed by atoms with Gasteiger partial charge >= 0.3 is 5.97 Å². The van der Waals surface area contributed by atoms with E-state index in [4.69, 9.17) is 0 Å². The zero-order valence-electron chi connectivity index (χ0n) is 11.1. The first-order chi connectivity index (χ1) is 9.92. The number of carbonyl (C=O) groups is 2. The van der Waals surface area contributed by atoms with E-state index in [9.17, 15) is 18.4 Å². The van der Waals surface area contributed by atoms with Crippen LogP contribution in [-0.2, 0) is 14.3 Å². The average Bonchev–Trinajstić information content (AvgIpc) is 2.71. The fraction of sp³-hybridized carbons (Fsp3) is 0.154. The molecule has 0 atom stereocenters. The van der Waals surface area contributed by atoms with Gasteiger partial charge in [-0.25, -0.2) is 18.6 Å². The zero-order valence-corrected chi connectivity index (χ0v) is 11.9. The van der Waals surface area contributed by atoms with Crippen molar-refractivity contribution < 1.29 is 23.1 Å². The molecule has 1 heterocycles. The summed E-state index contributed by atoms with van der Waals surface area (Å²) in [6.45, 7) is 0. The molecule has 0 spiro atoms. The number of thioether (sulfide) groups is 1. The summed E-state index contributed by atoms with van der Waals surface area (Å²) in [5.74, 6) is -3.09. The molecule has 1 aromatic carbocycles. The summed E-state index contributed by atoms with van der Waals surface area (Å²) in [7, 11) is 2.66. The molecular formula is C13H10F2N2O3S. The van der Waals surface area contributed by atoms with E-state index in [-0.39, 0.29) is 15.8 Å². The van der Waals surface area contributed by atoms with Crippen LogP contribution < -0.4 is 0 Å². The standard InChI is InChI=1S/C13H10F2N2O3S/c1-17-12(19)10(6-11(18)20-2)21-13(17)16-7-3-4-8(14)9(15)5-7/h3-6H,1-2H3. The third kappa shape index (κ3) is 3.27. The molecule has 1 saturated heterocycles. The molecule has 21 heavy (non-hydrogen) atoms. The molecule has 2 rings (SSSR count). The first-order valence-electron chi connectivity index (χ1n) is 5.71. The van der Waals surface area contributed by atoms with Gasteiger partial charge in [0, 0.05) is 19.2 Å². The Morgan fingerprint density at radius 1 is 1.38 bits per heavy atom. The number of amidine groups is 1. The summed E-state index contributed by atoms with van der Waals surface area (Å²) in [5, 5.41) is 0.251. The number of esters is 1. The van der Waals surface area contributed by atoms with E-state index in [1.165, 1.54) is 25.1 Å². The molecule has 0 unspecified atom stereocenters. The number of carbonyl (C=O) groups excluding carboxylic acids is 2. The lowest BCUT2D eigenvalue weighted by molar-refractivity contribution is -0.135. The van der Waals surface area contributed by atoms with Gasteiger partial charge in [0.1, 0.15) is 0 Å². The van der Waals surface area contributed by atoms with Crippen molar-refractivity contribution in [1.29, 1.82) is 0 Å². The van der Waals surface area contributed by atoms with Gasteiger partial charge in [-0.05, 0) is 23.9 Å². The summed E-state index contributed by atoms with van der Waals surface area (Å²) in [6.07, 6.45) is 1.05. The van der Waals surface area contributed by atoms with E-state index in [0.717, 1.165) is 30.0 Å². The number of likely N-dealkylation sites (N-methyl/N-ethyl adjacent to an activating group) is 1. The maximum absolute atomic E-state index is 13.1. The third-order valence-corrected chi connectivity index (χ3v) is 3.64. The fourth-order valence-electron chi connectivity index (χ4n) is 1.48. The zero-order chi connectivity index (χ0) is 15.6. The Morgan fingerprint density at radius 3 is 2.71 bits per heavy atom. The highest BCUT2D eigenvalue weighted by Crippen LogP contribution is 2.31. The van der Waals surface area contributed by atoms with Gasteiger partial charge in [-0.2, -0.15) is 0 Å². The number of ether oxygens (including phenoxy) is 1. The van der Waals surface area contributed by atoms with Gasteiger partial charge in [-0.1, -0.05) is 0 Å². The summed E-state index contributed by atoms with van der Waals surface area (Å²) in [5.41, 5.74) is 0.162. The average molecular weight is 312 g/mol. The smallest absolute Gasteiger partial charge is 0.331 e. The van der Waals surface area contributed by atoms with Crippen LogP contribution in [0.15, 0.2) is 34.2 Å². The number of methoxy groups -OCH3 is 1. The summed E-state index contributed by atoms with van der Waals surface area (Å²) in [4.78, 5) is 28.5. The predicted octanol–water partition coefficient (Wildman–Crippen LogP) is 2.21. The third-order valence-electron chi connectivity index (χ3n) is 2.58. The van der Waals surface area contributed by atoms with Crippen molar-refractivity contribution in [1.82, 2.24) is 4.90 Å². The van der Waals surface area contributed by atoms with Gasteiger partial charge in [0.2, 0.25) is 0 Å². The summed E-state index contributed by atoms with van der Waals surface area (Å²) < 4.78 is 30.4. The van der Waals surface area contributed by atoms with Crippen LogP contribution in [0.3, 0.4) is 0 Å². The van der Waals surface area contributed by atoms with Gasteiger partial charge in [-0.3, -0.25) is 9.69 Å². The summed E-state index contributed by atoms with van der Waals surface area (Å²) >= 11 is 0.946. The van der Waals surface area contributed by atoms with Crippen LogP contribution in [-0.4, -0.2) is 36.1 Å². The lowest BCUT2D eigenvalue weighted by atomic mass is 10.3. The van der Waals surface area contributed by atoms with Crippen LogP contribution >= 0.6 is 11.8 Å². The number of amides is 1. The topological polar surface area (TPSA) is 59.0 Å². The number of rotatable bonds is 2. The van der Waals surface area contributed by atoms with Crippen molar-refractivity contribution in [2.24, 2.45) is 4.99 Å². The molecule has 5 nitrogen and oxygen atoms in total. The number of benzene rings is 1. The molecule has 1 aliphatic rings. The molecule has 1 fully saturated rings. The highest BCUT2D eigenvalue weighted by atomic mass is 32.2. The molecule has 0 N–H and O–H groups in total. The highest BCUT2D eigenvalue weighted by molar-refractivity contribution is 8.18. The van der Waals surface area contributed by atoms with Crippen LogP contribution in [0.5, 0.6) is 0 Å². The minimum absolute atomic E-state index is 0.144. The van der Waals surface area contributed by atoms with Gasteiger partial charge < -0.3 is 4.74 Å². The summed E-state index contributed by atoms with van der Waals surface area (Å²) in [6, 6.07) is 3.15. The molecule has 110 valence electrons. The molecular weight excluding hydrogens is 302 g/mol. The highest BCUT2D eigenvalue weighted by Gasteiger charge is 2.31. The SMILES string of the molecule is COC(=O)C=C1SC(=Nc2ccc(F)c(F)c2)N(C)C1=O. The van der Waals surface area contributed by atoms with E-state index in [0.29, 0.717) is 0 Å². The number of nitrogens with zero attached hydrogens (tertiary/aromatic N) is 2. The molecule has 0 saturated carbocycles. The Labute approximate surface area is 123 Å². The Morgan fingerprint density at radius 2 is 2.10 bits per heavy atom. The van der Waals surface area contributed by atoms with Crippen molar-refractivity contribution in [3.8, 4) is 0 Å². The largest absolute Gasteiger partial charge is 0.466 e. The second-order valence-electron chi connectivity index (χ2n) is 3.99. The van der Waals surface area contributed by atoms with Crippen molar-refractivity contribution >= 4 is 34.5 Å². The van der Waals surface area contributed by atoms with Crippen molar-refractivity contribution in [3.63, 3.8) is 0 Å². The quantitative estimate of drug-likeness (QED) is 0.620. The van der Waals surface area contributed by atoms with Crippen LogP contribution in [0.1, 0.15) is 0 Å². The van der Waals surface area contributed by atoms with Crippen molar-refractivity contribution in [2.75, 3.05) is 14.2 Å². The Hall–Kier alpha value is -2.22. The van der Waals surface area contributed by atoms with E-state index in [1.54, 1.807) is 0 Å². The molecule has 0 aromatic heterocycles. The molecule has 0 bridgehead atoms. The lowest BCUT2D eigenvalue weighted by Gasteiger charge is -2.07. The molecule has 1 amide bonds. The number of hydrogen-bond donors (Lipinski definition) is 0. The number of aliphatic imine (C=N–C) groups is 1. The van der Waals surface area contributed by atoms with Crippen molar-refractivity contribution in [3.05, 3.63) is 40.8 Å². The van der Waals surface area contributed by atoms with E-state index in [1.807, 2.05) is 0 Å².